The van der Waals surface area contributed by atoms with E-state index in [1.165, 1.54) is 16.3 Å². The van der Waals surface area contributed by atoms with Gasteiger partial charge >= 0.3 is 0 Å². The number of nitrogens with zero attached hydrogens (tertiary/aromatic N) is 1. The fourth-order valence-corrected chi connectivity index (χ4v) is 2.35. The largest absolute Gasteiger partial charge is 0.345 e. The zero-order valence-electron chi connectivity index (χ0n) is 12.2. The molecular weight excluding hydrogens is 248 g/mol. The lowest BCUT2D eigenvalue weighted by Gasteiger charge is -2.17. The molecule has 3 heteroatoms. The summed E-state index contributed by atoms with van der Waals surface area (Å²) in [5.74, 6) is 0.194. The normalized spacial score (nSPS) is 10.7. The third-order valence-electron chi connectivity index (χ3n) is 3.61. The minimum atomic E-state index is 0.194. The first-order valence-corrected chi connectivity index (χ1v) is 7.07. The highest BCUT2D eigenvalue weighted by molar-refractivity contribution is 5.85. The van der Waals surface area contributed by atoms with E-state index in [1.807, 2.05) is 19.0 Å². The number of fused-ring (bicyclic) bond motifs is 1. The molecule has 0 atom stereocenters. The van der Waals surface area contributed by atoms with E-state index in [1.54, 1.807) is 0 Å². The summed E-state index contributed by atoms with van der Waals surface area (Å²) in [6.07, 6.45) is 1.45. The Morgan fingerprint density at radius 3 is 2.70 bits per heavy atom. The van der Waals surface area contributed by atoms with Crippen LogP contribution in [0, 0.1) is 0 Å². The molecule has 0 bridgehead atoms. The Bertz CT molecular complexity index is 575. The number of benzene rings is 2. The van der Waals surface area contributed by atoms with Crippen LogP contribution in [0.3, 0.4) is 0 Å². The molecule has 2 aromatic rings. The maximum atomic E-state index is 11.9. The van der Waals surface area contributed by atoms with E-state index in [0.29, 0.717) is 6.42 Å². The van der Waals surface area contributed by atoms with Crippen molar-refractivity contribution in [3.05, 3.63) is 48.0 Å². The number of nitrogens with one attached hydrogen (secondary N) is 1. The van der Waals surface area contributed by atoms with Gasteiger partial charge in [-0.15, -0.1) is 0 Å². The van der Waals surface area contributed by atoms with E-state index in [2.05, 4.69) is 47.8 Å². The summed E-state index contributed by atoms with van der Waals surface area (Å²) < 4.78 is 0. The lowest BCUT2D eigenvalue weighted by Crippen LogP contribution is -2.30. The molecule has 3 nitrogen and oxygen atoms in total. The van der Waals surface area contributed by atoms with E-state index in [0.717, 1.165) is 19.5 Å². The van der Waals surface area contributed by atoms with Crippen LogP contribution in [0.5, 0.6) is 0 Å². The molecule has 0 aliphatic heterocycles. The van der Waals surface area contributed by atoms with Gasteiger partial charge in [0.15, 0.2) is 0 Å². The molecule has 0 aliphatic carbocycles. The molecule has 0 saturated heterocycles. The summed E-state index contributed by atoms with van der Waals surface area (Å²) in [5.41, 5.74) is 1.30. The summed E-state index contributed by atoms with van der Waals surface area (Å²) in [7, 11) is 3.74. The van der Waals surface area contributed by atoms with Crippen molar-refractivity contribution in [3.63, 3.8) is 0 Å². The Kier molecular flexibility index (Phi) is 5.13. The van der Waals surface area contributed by atoms with Crippen molar-refractivity contribution in [1.29, 1.82) is 0 Å². The van der Waals surface area contributed by atoms with Gasteiger partial charge in [-0.3, -0.25) is 4.79 Å². The smallest absolute Gasteiger partial charge is 0.223 e. The van der Waals surface area contributed by atoms with Crippen LogP contribution in [0.15, 0.2) is 42.5 Å². The van der Waals surface area contributed by atoms with Crippen molar-refractivity contribution in [2.24, 2.45) is 0 Å². The molecule has 0 aliphatic rings. The fourth-order valence-electron chi connectivity index (χ4n) is 2.35. The molecule has 20 heavy (non-hydrogen) atoms. The van der Waals surface area contributed by atoms with Gasteiger partial charge in [-0.1, -0.05) is 42.5 Å². The predicted molar refractivity (Wildman–Crippen MR) is 83.8 cm³/mol. The summed E-state index contributed by atoms with van der Waals surface area (Å²) in [6, 6.07) is 14.7. The number of rotatable bonds is 6. The van der Waals surface area contributed by atoms with Gasteiger partial charge in [-0.25, -0.2) is 0 Å². The van der Waals surface area contributed by atoms with E-state index >= 15 is 0 Å². The lowest BCUT2D eigenvalue weighted by atomic mass is 10.0. The Morgan fingerprint density at radius 2 is 1.90 bits per heavy atom. The predicted octanol–water partition coefficient (Wildman–Crippen LogP) is 2.45. The minimum absolute atomic E-state index is 0.194. The zero-order chi connectivity index (χ0) is 14.4. The van der Waals surface area contributed by atoms with E-state index in [9.17, 15) is 4.79 Å². The first kappa shape index (κ1) is 14.5. The van der Waals surface area contributed by atoms with Gasteiger partial charge in [-0.05, 0) is 29.8 Å². The van der Waals surface area contributed by atoms with Crippen LogP contribution in [0.4, 0.5) is 0 Å². The Labute approximate surface area is 120 Å². The van der Waals surface area contributed by atoms with E-state index in [4.69, 9.17) is 0 Å². The number of carbonyl (C=O) groups is 1. The van der Waals surface area contributed by atoms with E-state index < -0.39 is 0 Å². The Balaban J connectivity index is 2.00. The van der Waals surface area contributed by atoms with Crippen molar-refractivity contribution in [2.45, 2.75) is 12.8 Å². The van der Waals surface area contributed by atoms with Gasteiger partial charge < -0.3 is 10.2 Å². The first-order valence-electron chi connectivity index (χ1n) is 7.07. The second-order valence-corrected chi connectivity index (χ2v) is 5.06. The van der Waals surface area contributed by atoms with Crippen LogP contribution in [0.25, 0.3) is 10.8 Å². The van der Waals surface area contributed by atoms with Crippen molar-refractivity contribution in [1.82, 2.24) is 10.2 Å². The van der Waals surface area contributed by atoms with Crippen molar-refractivity contribution in [2.75, 3.05) is 27.2 Å². The molecule has 0 spiro atoms. The lowest BCUT2D eigenvalue weighted by molar-refractivity contribution is -0.129. The van der Waals surface area contributed by atoms with Gasteiger partial charge in [0.1, 0.15) is 0 Å². The molecule has 106 valence electrons. The van der Waals surface area contributed by atoms with Gasteiger partial charge in [0.2, 0.25) is 5.91 Å². The van der Waals surface area contributed by atoms with Crippen LogP contribution < -0.4 is 5.32 Å². The van der Waals surface area contributed by atoms with Crippen LogP contribution >= 0.6 is 0 Å². The summed E-state index contributed by atoms with van der Waals surface area (Å²) in [4.78, 5) is 13.7. The van der Waals surface area contributed by atoms with Crippen LogP contribution in [0.2, 0.25) is 0 Å². The SMILES string of the molecule is CNCCC(=O)N(C)CCc1cccc2ccccc12. The monoisotopic (exact) mass is 270 g/mol. The highest BCUT2D eigenvalue weighted by Crippen LogP contribution is 2.19. The summed E-state index contributed by atoms with van der Waals surface area (Å²) >= 11 is 0. The molecule has 1 amide bonds. The number of hydrogen-bond acceptors (Lipinski definition) is 2. The topological polar surface area (TPSA) is 32.3 Å². The average molecular weight is 270 g/mol. The highest BCUT2D eigenvalue weighted by Gasteiger charge is 2.08. The first-order chi connectivity index (χ1) is 9.72. The van der Waals surface area contributed by atoms with Crippen LogP contribution in [0.1, 0.15) is 12.0 Å². The fraction of sp³-hybridized carbons (Fsp3) is 0.353. The zero-order valence-corrected chi connectivity index (χ0v) is 12.2. The highest BCUT2D eigenvalue weighted by atomic mass is 16.2. The molecule has 2 aromatic carbocycles. The molecule has 0 saturated carbocycles. The Morgan fingerprint density at radius 1 is 1.15 bits per heavy atom. The van der Waals surface area contributed by atoms with Gasteiger partial charge in [0.25, 0.3) is 0 Å². The summed E-state index contributed by atoms with van der Waals surface area (Å²) in [6.45, 7) is 1.49. The third-order valence-corrected chi connectivity index (χ3v) is 3.61. The second kappa shape index (κ2) is 7.06. The Hall–Kier alpha value is -1.87. The minimum Gasteiger partial charge on any atom is -0.345 e. The number of likely N-dealkylation sites (N-methyl/N-ethyl adjacent to an activating group) is 1. The number of carbonyl (C=O) groups excluding carboxylic acids is 1. The van der Waals surface area contributed by atoms with Crippen molar-refractivity contribution in [3.8, 4) is 0 Å². The quantitative estimate of drug-likeness (QED) is 0.874. The maximum Gasteiger partial charge on any atom is 0.223 e. The summed E-state index contributed by atoms with van der Waals surface area (Å²) in [5, 5.41) is 5.55. The van der Waals surface area contributed by atoms with Crippen molar-refractivity contribution >= 4 is 16.7 Å². The van der Waals surface area contributed by atoms with E-state index in [-0.39, 0.29) is 5.91 Å². The third kappa shape index (κ3) is 3.58. The molecule has 0 aromatic heterocycles. The molecule has 0 unspecified atom stereocenters. The van der Waals surface area contributed by atoms with Gasteiger partial charge in [0, 0.05) is 26.6 Å². The van der Waals surface area contributed by atoms with Crippen LogP contribution in [-0.4, -0.2) is 38.0 Å². The van der Waals surface area contributed by atoms with Crippen molar-refractivity contribution < 1.29 is 4.79 Å². The molecule has 0 radical (unpaired) electrons. The maximum absolute atomic E-state index is 11.9. The molecule has 2 rings (SSSR count). The number of hydrogen-bond donors (Lipinski definition) is 1. The average Bonchev–Trinajstić information content (AvgIpc) is 2.50. The molecule has 0 heterocycles. The van der Waals surface area contributed by atoms with Gasteiger partial charge in [0.05, 0.1) is 0 Å². The standard InChI is InChI=1S/C17H22N2O/c1-18-12-10-17(20)19(2)13-11-15-8-5-7-14-6-3-4-9-16(14)15/h3-9,18H,10-13H2,1-2H3. The molecule has 1 N–H and O–H groups in total. The molecular formula is C17H22N2O. The van der Waals surface area contributed by atoms with Gasteiger partial charge in [-0.2, -0.15) is 0 Å². The van der Waals surface area contributed by atoms with Crippen LogP contribution in [-0.2, 0) is 11.2 Å². The number of amides is 1. The molecule has 0 fully saturated rings. The second-order valence-electron chi connectivity index (χ2n) is 5.06.